The van der Waals surface area contributed by atoms with Crippen LogP contribution in [0.2, 0.25) is 0 Å². The number of Topliss-reactive ketones (excluding diaryl/α,β-unsaturated/α-hetero) is 1. The van der Waals surface area contributed by atoms with Crippen molar-refractivity contribution < 1.29 is 28.9 Å². The Hall–Kier alpha value is -4.26. The van der Waals surface area contributed by atoms with E-state index in [1.807, 2.05) is 26.8 Å². The van der Waals surface area contributed by atoms with Gasteiger partial charge in [0.2, 0.25) is 0 Å². The number of carbonyl (C=O) groups is 2. The molecule has 2 aliphatic rings. The van der Waals surface area contributed by atoms with E-state index in [0.717, 1.165) is 11.3 Å². The number of carbonyl (C=O) groups excluding carboxylic acids is 2. The summed E-state index contributed by atoms with van der Waals surface area (Å²) in [6.45, 7) is 5.84. The highest BCUT2D eigenvalue weighted by atomic mass is 16.5. The Labute approximate surface area is 215 Å². The smallest absolute Gasteiger partial charge is 0.300 e. The largest absolute Gasteiger partial charge is 0.507 e. The number of amides is 1. The second-order valence-electron chi connectivity index (χ2n) is 9.56. The molecule has 3 aromatic rings. The molecule has 2 heterocycles. The third-order valence-corrected chi connectivity index (χ3v) is 6.53. The number of ketones is 1. The van der Waals surface area contributed by atoms with E-state index in [4.69, 9.17) is 14.2 Å². The molecule has 0 saturated carbocycles. The number of fused-ring (bicyclic) bond motifs is 1. The number of anilines is 1. The summed E-state index contributed by atoms with van der Waals surface area (Å²) < 4.78 is 16.8. The first-order valence-corrected chi connectivity index (χ1v) is 12.3. The third kappa shape index (κ3) is 4.53. The van der Waals surface area contributed by atoms with E-state index in [-0.39, 0.29) is 23.5 Å². The monoisotopic (exact) mass is 499 g/mol. The lowest BCUT2D eigenvalue weighted by atomic mass is 9.94. The van der Waals surface area contributed by atoms with Gasteiger partial charge < -0.3 is 19.3 Å². The molecule has 0 aliphatic carbocycles. The maximum Gasteiger partial charge on any atom is 0.300 e. The summed E-state index contributed by atoms with van der Waals surface area (Å²) in [6, 6.07) is 18.6. The Morgan fingerprint density at radius 3 is 2.32 bits per heavy atom. The zero-order valence-corrected chi connectivity index (χ0v) is 21.2. The number of ether oxygens (including phenoxy) is 3. The van der Waals surface area contributed by atoms with Crippen molar-refractivity contribution in [1.82, 2.24) is 0 Å². The molecular weight excluding hydrogens is 470 g/mol. The molecule has 0 bridgehead atoms. The Kier molecular flexibility index (Phi) is 6.38. The molecule has 7 nitrogen and oxygen atoms in total. The Morgan fingerprint density at radius 2 is 1.68 bits per heavy atom. The van der Waals surface area contributed by atoms with E-state index < -0.39 is 17.7 Å². The molecule has 0 spiro atoms. The van der Waals surface area contributed by atoms with Crippen LogP contribution in [0.1, 0.15) is 43.5 Å². The molecule has 0 aromatic heterocycles. The predicted octanol–water partition coefficient (Wildman–Crippen LogP) is 5.43. The lowest BCUT2D eigenvalue weighted by Gasteiger charge is -2.26. The fourth-order valence-electron chi connectivity index (χ4n) is 4.88. The first-order valence-electron chi connectivity index (χ1n) is 12.3. The van der Waals surface area contributed by atoms with Crippen molar-refractivity contribution in [3.63, 3.8) is 0 Å². The number of nitrogens with zero attached hydrogens (tertiary/aromatic N) is 1. The van der Waals surface area contributed by atoms with Crippen LogP contribution in [-0.4, -0.2) is 36.1 Å². The van der Waals surface area contributed by atoms with E-state index in [1.165, 1.54) is 4.90 Å². The Morgan fingerprint density at radius 1 is 1.00 bits per heavy atom. The van der Waals surface area contributed by atoms with Crippen molar-refractivity contribution in [3.05, 3.63) is 89.0 Å². The molecule has 5 rings (SSSR count). The first kappa shape index (κ1) is 24.4. The highest BCUT2D eigenvalue weighted by Crippen LogP contribution is 2.43. The van der Waals surface area contributed by atoms with Gasteiger partial charge in [0.25, 0.3) is 11.7 Å². The van der Waals surface area contributed by atoms with Crippen molar-refractivity contribution in [2.75, 3.05) is 12.0 Å². The second-order valence-corrected chi connectivity index (χ2v) is 9.56. The van der Waals surface area contributed by atoms with Gasteiger partial charge in [0.1, 0.15) is 29.1 Å². The maximum absolute atomic E-state index is 13.4. The molecule has 1 N–H and O–H groups in total. The summed E-state index contributed by atoms with van der Waals surface area (Å²) in [5, 5.41) is 11.4. The molecule has 1 saturated heterocycles. The minimum Gasteiger partial charge on any atom is -0.507 e. The molecule has 7 heteroatoms. The number of benzene rings is 3. The van der Waals surface area contributed by atoms with E-state index >= 15 is 0 Å². The zero-order chi connectivity index (χ0) is 26.3. The molecule has 1 fully saturated rings. The van der Waals surface area contributed by atoms with Crippen LogP contribution in [0.25, 0.3) is 5.76 Å². The first-order chi connectivity index (χ1) is 17.8. The molecule has 3 aromatic carbocycles. The minimum absolute atomic E-state index is 0.0000792. The fourth-order valence-corrected chi connectivity index (χ4v) is 4.88. The minimum atomic E-state index is -0.828. The number of methoxy groups -OCH3 is 1. The molecule has 0 radical (unpaired) electrons. The average molecular weight is 500 g/mol. The van der Waals surface area contributed by atoms with Crippen molar-refractivity contribution >= 4 is 23.1 Å². The van der Waals surface area contributed by atoms with E-state index in [2.05, 4.69) is 0 Å². The molecule has 190 valence electrons. The maximum atomic E-state index is 13.4. The van der Waals surface area contributed by atoms with Gasteiger partial charge in [0, 0.05) is 17.7 Å². The normalized spacial score (nSPS) is 20.2. The summed E-state index contributed by atoms with van der Waals surface area (Å²) in [7, 11) is 1.57. The topological polar surface area (TPSA) is 85.3 Å². The molecule has 2 aliphatic heterocycles. The van der Waals surface area contributed by atoms with Crippen molar-refractivity contribution in [2.24, 2.45) is 0 Å². The Balaban J connectivity index is 1.63. The van der Waals surface area contributed by atoms with Gasteiger partial charge in [-0.05, 0) is 86.5 Å². The van der Waals surface area contributed by atoms with Crippen molar-refractivity contribution in [3.8, 4) is 17.2 Å². The van der Waals surface area contributed by atoms with Crippen LogP contribution < -0.4 is 19.1 Å². The second kappa shape index (κ2) is 9.65. The molecule has 1 amide bonds. The van der Waals surface area contributed by atoms with Gasteiger partial charge in [-0.2, -0.15) is 0 Å². The van der Waals surface area contributed by atoms with Gasteiger partial charge >= 0.3 is 0 Å². The summed E-state index contributed by atoms with van der Waals surface area (Å²) in [6.07, 6.45) is 0.748. The van der Waals surface area contributed by atoms with E-state index in [0.29, 0.717) is 34.7 Å². The molecule has 2 atom stereocenters. The average Bonchev–Trinajstić information content (AvgIpc) is 3.39. The van der Waals surface area contributed by atoms with E-state index in [1.54, 1.807) is 67.8 Å². The summed E-state index contributed by atoms with van der Waals surface area (Å²) in [5.74, 6) is 0.391. The summed E-state index contributed by atoms with van der Waals surface area (Å²) >= 11 is 0. The highest BCUT2D eigenvalue weighted by Gasteiger charge is 2.47. The van der Waals surface area contributed by atoms with Gasteiger partial charge in [-0.3, -0.25) is 14.5 Å². The highest BCUT2D eigenvalue weighted by molar-refractivity contribution is 6.51. The van der Waals surface area contributed by atoms with Crippen LogP contribution in [0.3, 0.4) is 0 Å². The number of rotatable bonds is 6. The zero-order valence-electron chi connectivity index (χ0n) is 21.2. The lowest BCUT2D eigenvalue weighted by molar-refractivity contribution is -0.132. The van der Waals surface area contributed by atoms with Crippen LogP contribution in [-0.2, 0) is 16.0 Å². The van der Waals surface area contributed by atoms with Crippen LogP contribution in [0.4, 0.5) is 5.69 Å². The van der Waals surface area contributed by atoms with Crippen LogP contribution >= 0.6 is 0 Å². The lowest BCUT2D eigenvalue weighted by Crippen LogP contribution is -2.29. The van der Waals surface area contributed by atoms with Crippen molar-refractivity contribution in [2.45, 2.75) is 45.4 Å². The number of hydrogen-bond donors (Lipinski definition) is 1. The number of aliphatic hydroxyl groups excluding tert-OH is 1. The summed E-state index contributed by atoms with van der Waals surface area (Å²) in [5.41, 5.74) is 2.64. The third-order valence-electron chi connectivity index (χ3n) is 6.53. The van der Waals surface area contributed by atoms with E-state index in [9.17, 15) is 14.7 Å². The van der Waals surface area contributed by atoms with Crippen LogP contribution in [0, 0.1) is 0 Å². The summed E-state index contributed by atoms with van der Waals surface area (Å²) in [4.78, 5) is 28.3. The van der Waals surface area contributed by atoms with Gasteiger partial charge in [0.15, 0.2) is 0 Å². The van der Waals surface area contributed by atoms with Gasteiger partial charge in [-0.1, -0.05) is 12.1 Å². The molecule has 37 heavy (non-hydrogen) atoms. The predicted molar refractivity (Wildman–Crippen MR) is 140 cm³/mol. The van der Waals surface area contributed by atoms with Crippen LogP contribution in [0.15, 0.2) is 72.3 Å². The van der Waals surface area contributed by atoms with Crippen LogP contribution in [0.5, 0.6) is 17.2 Å². The van der Waals surface area contributed by atoms with Gasteiger partial charge in [-0.25, -0.2) is 0 Å². The number of hydrogen-bond acceptors (Lipinski definition) is 6. The standard InChI is InChI=1S/C30H29NO6/c1-17(2)36-24-12-8-22(9-13-24)31-27(19-5-10-23(35-4)11-6-19)26(29(33)30(31)34)28(32)20-7-14-25-21(16-20)15-18(3)37-25/h5-14,16-18,27,32H,15H2,1-4H3/b28-26-. The van der Waals surface area contributed by atoms with Gasteiger partial charge in [-0.15, -0.1) is 0 Å². The SMILES string of the molecule is COc1ccc(C2/C(=C(/O)c3ccc4c(c3)CC(C)O4)C(=O)C(=O)N2c2ccc(OC(C)C)cc2)cc1. The van der Waals surface area contributed by atoms with Crippen molar-refractivity contribution in [1.29, 1.82) is 0 Å². The van der Waals surface area contributed by atoms with Gasteiger partial charge in [0.05, 0.1) is 24.8 Å². The Bertz CT molecular complexity index is 1370. The molecule has 2 unspecified atom stereocenters. The fraction of sp³-hybridized carbons (Fsp3) is 0.267. The molecular formula is C30H29NO6. The quantitative estimate of drug-likeness (QED) is 0.277. The number of aliphatic hydroxyl groups is 1.